The van der Waals surface area contributed by atoms with Crippen molar-refractivity contribution < 1.29 is 9.53 Å². The predicted octanol–water partition coefficient (Wildman–Crippen LogP) is 7.72. The molecule has 1 aliphatic rings. The molecule has 1 heterocycles. The molecule has 32 heavy (non-hydrogen) atoms. The summed E-state index contributed by atoms with van der Waals surface area (Å²) in [6.45, 7) is 0.375. The van der Waals surface area contributed by atoms with E-state index in [0.29, 0.717) is 37.4 Å². The van der Waals surface area contributed by atoms with Crippen LogP contribution in [0.2, 0.25) is 15.1 Å². The molecule has 0 unspecified atom stereocenters. The Morgan fingerprint density at radius 3 is 2.59 bits per heavy atom. The fraction of sp³-hybridized carbons (Fsp3) is 0.0435. The summed E-state index contributed by atoms with van der Waals surface area (Å²) in [6.07, 6.45) is 1.81. The fourth-order valence-electron chi connectivity index (χ4n) is 2.81. The Bertz CT molecular complexity index is 1260. The average Bonchev–Trinajstić information content (AvgIpc) is 3.10. The highest BCUT2D eigenvalue weighted by Gasteiger charge is 2.24. The van der Waals surface area contributed by atoms with E-state index in [1.165, 1.54) is 11.8 Å². The Morgan fingerprint density at radius 1 is 1.03 bits per heavy atom. The van der Waals surface area contributed by atoms with E-state index in [1.54, 1.807) is 18.2 Å². The molecule has 0 aliphatic carbocycles. The zero-order valence-electron chi connectivity index (χ0n) is 16.2. The number of carbonyl (C=O) groups excluding carboxylic acids is 1. The number of hydrogen-bond acceptors (Lipinski definition) is 4. The van der Waals surface area contributed by atoms with E-state index in [2.05, 4.69) is 32.9 Å². The second-order valence-electron chi connectivity index (χ2n) is 6.62. The second kappa shape index (κ2) is 10.5. The lowest BCUT2D eigenvalue weighted by molar-refractivity contribution is -0.115. The van der Waals surface area contributed by atoms with E-state index in [9.17, 15) is 4.79 Å². The molecular formula is C23H14Cl3IN2O2S. The van der Waals surface area contributed by atoms with Gasteiger partial charge in [-0.1, -0.05) is 65.1 Å². The van der Waals surface area contributed by atoms with Crippen LogP contribution in [0.4, 0.5) is 5.69 Å². The van der Waals surface area contributed by atoms with Crippen molar-refractivity contribution in [1.82, 2.24) is 5.32 Å². The molecule has 1 saturated heterocycles. The molecule has 0 atom stereocenters. The SMILES string of the molecule is O=C1NC(=Nc2cccc(Cl)c2Cl)S/C1=C/c1ccc(OCc2ccccc2Cl)c(I)c1. The van der Waals surface area contributed by atoms with Crippen LogP contribution in [0.1, 0.15) is 11.1 Å². The predicted molar refractivity (Wildman–Crippen MR) is 142 cm³/mol. The van der Waals surface area contributed by atoms with Crippen LogP contribution in [0.15, 0.2) is 70.6 Å². The van der Waals surface area contributed by atoms with Crippen LogP contribution in [0, 0.1) is 3.57 Å². The highest BCUT2D eigenvalue weighted by Crippen LogP contribution is 2.35. The Kier molecular flexibility index (Phi) is 7.68. The molecule has 1 amide bonds. The lowest BCUT2D eigenvalue weighted by atomic mass is 10.2. The zero-order chi connectivity index (χ0) is 22.7. The Hall–Kier alpha value is -1.71. The van der Waals surface area contributed by atoms with Crippen LogP contribution in [0.5, 0.6) is 5.75 Å². The second-order valence-corrected chi connectivity index (χ2v) is 10.0. The molecule has 4 rings (SSSR count). The van der Waals surface area contributed by atoms with Gasteiger partial charge in [0.2, 0.25) is 0 Å². The number of hydrogen-bond donors (Lipinski definition) is 1. The molecule has 3 aromatic rings. The van der Waals surface area contributed by atoms with Crippen LogP contribution in [-0.4, -0.2) is 11.1 Å². The van der Waals surface area contributed by atoms with Gasteiger partial charge in [-0.15, -0.1) is 0 Å². The minimum atomic E-state index is -0.221. The number of carbonyl (C=O) groups is 1. The number of amidine groups is 1. The summed E-state index contributed by atoms with van der Waals surface area (Å²) in [4.78, 5) is 17.3. The normalized spacial score (nSPS) is 15.9. The summed E-state index contributed by atoms with van der Waals surface area (Å²) in [5.74, 6) is 0.523. The van der Waals surface area contributed by atoms with Crippen LogP contribution in [-0.2, 0) is 11.4 Å². The zero-order valence-corrected chi connectivity index (χ0v) is 21.5. The number of aliphatic imine (C=N–C) groups is 1. The van der Waals surface area contributed by atoms with Crippen LogP contribution < -0.4 is 10.1 Å². The first-order chi connectivity index (χ1) is 15.4. The molecule has 3 aromatic carbocycles. The van der Waals surface area contributed by atoms with Gasteiger partial charge in [0.15, 0.2) is 5.17 Å². The number of nitrogens with zero attached hydrogens (tertiary/aromatic N) is 1. The quantitative estimate of drug-likeness (QED) is 0.236. The van der Waals surface area contributed by atoms with Gasteiger partial charge in [-0.3, -0.25) is 4.79 Å². The highest BCUT2D eigenvalue weighted by atomic mass is 127. The first-order valence-electron chi connectivity index (χ1n) is 9.30. The van der Waals surface area contributed by atoms with Crippen molar-refractivity contribution >= 4 is 92.0 Å². The van der Waals surface area contributed by atoms with Gasteiger partial charge in [-0.05, 0) is 76.3 Å². The van der Waals surface area contributed by atoms with E-state index >= 15 is 0 Å². The fourth-order valence-corrected chi connectivity index (χ4v) is 4.87. The summed E-state index contributed by atoms with van der Waals surface area (Å²) in [6, 6.07) is 18.5. The van der Waals surface area contributed by atoms with Crippen molar-refractivity contribution in [3.05, 3.63) is 95.3 Å². The molecule has 0 aromatic heterocycles. The van der Waals surface area contributed by atoms with E-state index in [1.807, 2.05) is 48.5 Å². The molecule has 1 fully saturated rings. The molecule has 0 radical (unpaired) electrons. The van der Waals surface area contributed by atoms with Crippen LogP contribution in [0.3, 0.4) is 0 Å². The summed E-state index contributed by atoms with van der Waals surface area (Å²) in [5, 5.41) is 4.62. The van der Waals surface area contributed by atoms with E-state index in [0.717, 1.165) is 20.4 Å². The standard InChI is InChI=1S/C23H14Cl3IN2O2S/c24-15-5-2-1-4-14(15)12-31-19-9-8-13(10-17(19)27)11-20-22(30)29-23(32-20)28-18-7-3-6-16(25)21(18)26/h1-11H,12H2,(H,28,29,30)/b20-11+. The van der Waals surface area contributed by atoms with Crippen LogP contribution in [0.25, 0.3) is 6.08 Å². The van der Waals surface area contributed by atoms with Crippen molar-refractivity contribution in [3.63, 3.8) is 0 Å². The number of amides is 1. The Labute approximate surface area is 218 Å². The van der Waals surface area contributed by atoms with Crippen molar-refractivity contribution in [2.24, 2.45) is 4.99 Å². The third-order valence-electron chi connectivity index (χ3n) is 4.40. The van der Waals surface area contributed by atoms with Gasteiger partial charge < -0.3 is 10.1 Å². The maximum atomic E-state index is 12.4. The topological polar surface area (TPSA) is 50.7 Å². The number of thioether (sulfide) groups is 1. The number of halogens is 4. The number of benzene rings is 3. The van der Waals surface area contributed by atoms with E-state index in [-0.39, 0.29) is 5.91 Å². The van der Waals surface area contributed by atoms with Crippen molar-refractivity contribution in [3.8, 4) is 5.75 Å². The van der Waals surface area contributed by atoms with Gasteiger partial charge in [0, 0.05) is 10.6 Å². The van der Waals surface area contributed by atoms with Gasteiger partial charge >= 0.3 is 0 Å². The first kappa shape index (κ1) is 23.4. The number of rotatable bonds is 5. The molecule has 1 aliphatic heterocycles. The number of nitrogens with one attached hydrogen (secondary N) is 1. The van der Waals surface area contributed by atoms with E-state index in [4.69, 9.17) is 39.5 Å². The number of ether oxygens (including phenoxy) is 1. The molecule has 0 bridgehead atoms. The molecule has 1 N–H and O–H groups in total. The maximum absolute atomic E-state index is 12.4. The summed E-state index contributed by atoms with van der Waals surface area (Å²) >= 11 is 21.9. The summed E-state index contributed by atoms with van der Waals surface area (Å²) in [7, 11) is 0. The molecule has 9 heteroatoms. The minimum absolute atomic E-state index is 0.221. The highest BCUT2D eigenvalue weighted by molar-refractivity contribution is 14.1. The smallest absolute Gasteiger partial charge is 0.264 e. The van der Waals surface area contributed by atoms with Gasteiger partial charge in [-0.2, -0.15) is 0 Å². The molecule has 162 valence electrons. The minimum Gasteiger partial charge on any atom is -0.488 e. The van der Waals surface area contributed by atoms with Gasteiger partial charge in [0.25, 0.3) is 5.91 Å². The lowest BCUT2D eigenvalue weighted by Gasteiger charge is -2.10. The average molecular weight is 616 g/mol. The lowest BCUT2D eigenvalue weighted by Crippen LogP contribution is -2.19. The third kappa shape index (κ3) is 5.61. The summed E-state index contributed by atoms with van der Waals surface area (Å²) < 4.78 is 6.84. The molecule has 0 saturated carbocycles. The van der Waals surface area contributed by atoms with Gasteiger partial charge in [0.05, 0.1) is 24.2 Å². The monoisotopic (exact) mass is 614 g/mol. The first-order valence-corrected chi connectivity index (χ1v) is 12.3. The van der Waals surface area contributed by atoms with Crippen molar-refractivity contribution in [2.75, 3.05) is 0 Å². The molecule has 0 spiro atoms. The molecule has 4 nitrogen and oxygen atoms in total. The van der Waals surface area contributed by atoms with Crippen molar-refractivity contribution in [2.45, 2.75) is 6.61 Å². The van der Waals surface area contributed by atoms with Crippen LogP contribution >= 0.6 is 69.2 Å². The van der Waals surface area contributed by atoms with Crippen molar-refractivity contribution in [1.29, 1.82) is 0 Å². The largest absolute Gasteiger partial charge is 0.488 e. The maximum Gasteiger partial charge on any atom is 0.264 e. The summed E-state index contributed by atoms with van der Waals surface area (Å²) in [5.41, 5.74) is 2.29. The Morgan fingerprint density at radius 2 is 1.81 bits per heavy atom. The Balaban J connectivity index is 1.48. The third-order valence-corrected chi connectivity index (χ3v) is 7.33. The van der Waals surface area contributed by atoms with E-state index < -0.39 is 0 Å². The molecular weight excluding hydrogens is 602 g/mol. The van der Waals surface area contributed by atoms with Gasteiger partial charge in [0.1, 0.15) is 12.4 Å². The van der Waals surface area contributed by atoms with Gasteiger partial charge in [-0.25, -0.2) is 4.99 Å².